The summed E-state index contributed by atoms with van der Waals surface area (Å²) in [5.41, 5.74) is 1.26. The highest BCUT2D eigenvalue weighted by atomic mass is 16.5. The first-order valence-electron chi connectivity index (χ1n) is 6.59. The van der Waals surface area contributed by atoms with Crippen LogP contribution in [-0.4, -0.2) is 41.6 Å². The van der Waals surface area contributed by atoms with Crippen LogP contribution in [0.5, 0.6) is 5.75 Å². The van der Waals surface area contributed by atoms with E-state index in [-0.39, 0.29) is 12.5 Å². The van der Waals surface area contributed by atoms with Gasteiger partial charge in [-0.1, -0.05) is 12.1 Å². The molecule has 1 heterocycles. The molecule has 0 aliphatic rings. The van der Waals surface area contributed by atoms with Crippen LogP contribution < -0.4 is 4.74 Å². The van der Waals surface area contributed by atoms with Crippen LogP contribution in [0.15, 0.2) is 48.8 Å². The number of aliphatic hydroxyl groups is 1. The summed E-state index contributed by atoms with van der Waals surface area (Å²) in [5, 5.41) is 10.2. The number of hydrogen-bond donors (Lipinski definition) is 1. The van der Waals surface area contributed by atoms with E-state index in [1.54, 1.807) is 50.8 Å². The van der Waals surface area contributed by atoms with E-state index in [0.717, 1.165) is 0 Å². The molecule has 0 saturated heterocycles. The molecule has 5 nitrogen and oxygen atoms in total. The van der Waals surface area contributed by atoms with Gasteiger partial charge in [-0.15, -0.1) is 0 Å². The number of carbonyl (C=O) groups is 1. The second kappa shape index (κ2) is 6.85. The predicted octanol–water partition coefficient (Wildman–Crippen LogP) is 1.90. The van der Waals surface area contributed by atoms with E-state index in [1.807, 2.05) is 12.1 Å². The van der Waals surface area contributed by atoms with Crippen molar-refractivity contribution in [2.75, 3.05) is 20.7 Å². The Morgan fingerprint density at radius 2 is 2.05 bits per heavy atom. The fraction of sp³-hybridized carbons (Fsp3) is 0.250. The zero-order valence-electron chi connectivity index (χ0n) is 12.1. The van der Waals surface area contributed by atoms with Gasteiger partial charge in [0.1, 0.15) is 5.75 Å². The predicted molar refractivity (Wildman–Crippen MR) is 79.2 cm³/mol. The summed E-state index contributed by atoms with van der Waals surface area (Å²) in [6.45, 7) is 0.203. The van der Waals surface area contributed by atoms with Gasteiger partial charge in [-0.2, -0.15) is 0 Å². The third-order valence-electron chi connectivity index (χ3n) is 3.20. The highest BCUT2D eigenvalue weighted by Gasteiger charge is 2.16. The third kappa shape index (κ3) is 3.79. The third-order valence-corrected chi connectivity index (χ3v) is 3.20. The van der Waals surface area contributed by atoms with Crippen LogP contribution in [0.3, 0.4) is 0 Å². The van der Waals surface area contributed by atoms with Gasteiger partial charge in [0, 0.05) is 25.0 Å². The molecule has 1 aromatic carbocycles. The molecule has 2 rings (SSSR count). The number of nitrogens with zero attached hydrogens (tertiary/aromatic N) is 2. The van der Waals surface area contributed by atoms with Gasteiger partial charge in [-0.05, 0) is 29.8 Å². The molecule has 2 aromatic rings. The molecule has 1 N–H and O–H groups in total. The van der Waals surface area contributed by atoms with Gasteiger partial charge in [-0.3, -0.25) is 9.78 Å². The zero-order chi connectivity index (χ0) is 15.2. The number of amides is 1. The maximum Gasteiger partial charge on any atom is 0.253 e. The summed E-state index contributed by atoms with van der Waals surface area (Å²) in [6.07, 6.45) is 2.37. The van der Waals surface area contributed by atoms with Gasteiger partial charge in [0.05, 0.1) is 19.8 Å². The molecule has 0 radical (unpaired) electrons. The normalized spacial score (nSPS) is 11.8. The standard InChI is InChI=1S/C16H18N2O3/c1-18(16(20)12-6-8-17-9-7-12)11-15(19)13-4-3-5-14(10-13)21-2/h3-10,15,19H,11H2,1-2H3. The molecule has 0 saturated carbocycles. The van der Waals surface area contributed by atoms with Crippen molar-refractivity contribution in [3.8, 4) is 5.75 Å². The summed E-state index contributed by atoms with van der Waals surface area (Å²) in [6, 6.07) is 10.5. The minimum atomic E-state index is -0.768. The maximum absolute atomic E-state index is 12.2. The van der Waals surface area contributed by atoms with E-state index in [9.17, 15) is 9.90 Å². The Hall–Kier alpha value is -2.40. The van der Waals surface area contributed by atoms with Crippen molar-refractivity contribution < 1.29 is 14.6 Å². The fourth-order valence-electron chi connectivity index (χ4n) is 2.01. The molecule has 110 valence electrons. The van der Waals surface area contributed by atoms with Gasteiger partial charge < -0.3 is 14.7 Å². The Bertz CT molecular complexity index is 601. The Morgan fingerprint density at radius 3 is 2.71 bits per heavy atom. The number of pyridine rings is 1. The van der Waals surface area contributed by atoms with E-state index < -0.39 is 6.10 Å². The second-order valence-corrected chi connectivity index (χ2v) is 4.71. The number of benzene rings is 1. The SMILES string of the molecule is COc1cccc(C(O)CN(C)C(=O)c2ccncc2)c1. The summed E-state index contributed by atoms with van der Waals surface area (Å²) in [7, 11) is 3.23. The van der Waals surface area contributed by atoms with Gasteiger partial charge in [0.2, 0.25) is 0 Å². The molecular weight excluding hydrogens is 268 g/mol. The minimum Gasteiger partial charge on any atom is -0.497 e. The zero-order valence-corrected chi connectivity index (χ0v) is 12.1. The molecule has 1 amide bonds. The first-order chi connectivity index (χ1) is 10.1. The van der Waals surface area contributed by atoms with Crippen LogP contribution in [-0.2, 0) is 0 Å². The molecular formula is C16H18N2O3. The number of likely N-dealkylation sites (N-methyl/N-ethyl adjacent to an activating group) is 1. The van der Waals surface area contributed by atoms with Crippen LogP contribution in [0.1, 0.15) is 22.0 Å². The van der Waals surface area contributed by atoms with E-state index >= 15 is 0 Å². The van der Waals surface area contributed by atoms with Crippen molar-refractivity contribution >= 4 is 5.91 Å². The lowest BCUT2D eigenvalue weighted by atomic mass is 10.1. The molecule has 5 heteroatoms. The smallest absolute Gasteiger partial charge is 0.253 e. The average molecular weight is 286 g/mol. The van der Waals surface area contributed by atoms with Crippen molar-refractivity contribution in [2.24, 2.45) is 0 Å². The monoisotopic (exact) mass is 286 g/mol. The van der Waals surface area contributed by atoms with Gasteiger partial charge in [-0.25, -0.2) is 0 Å². The highest BCUT2D eigenvalue weighted by Crippen LogP contribution is 2.20. The molecule has 0 spiro atoms. The quantitative estimate of drug-likeness (QED) is 0.912. The molecule has 0 aliphatic heterocycles. The number of methoxy groups -OCH3 is 1. The van der Waals surface area contributed by atoms with Crippen molar-refractivity contribution in [3.63, 3.8) is 0 Å². The number of aromatic nitrogens is 1. The number of ether oxygens (including phenoxy) is 1. The Balaban J connectivity index is 2.04. The first kappa shape index (κ1) is 15.0. The fourth-order valence-corrected chi connectivity index (χ4v) is 2.01. The first-order valence-corrected chi connectivity index (χ1v) is 6.59. The van der Waals surface area contributed by atoms with E-state index in [4.69, 9.17) is 4.74 Å². The molecule has 1 atom stereocenters. The van der Waals surface area contributed by atoms with Crippen LogP contribution in [0.25, 0.3) is 0 Å². The summed E-state index contributed by atoms with van der Waals surface area (Å²) in [4.78, 5) is 17.6. The highest BCUT2D eigenvalue weighted by molar-refractivity contribution is 5.93. The molecule has 0 aliphatic carbocycles. The van der Waals surface area contributed by atoms with E-state index in [1.165, 1.54) is 4.90 Å². The van der Waals surface area contributed by atoms with Crippen LogP contribution in [0, 0.1) is 0 Å². The van der Waals surface area contributed by atoms with Crippen LogP contribution in [0.2, 0.25) is 0 Å². The molecule has 1 aromatic heterocycles. The summed E-state index contributed by atoms with van der Waals surface area (Å²) in [5.74, 6) is 0.522. The lowest BCUT2D eigenvalue weighted by Gasteiger charge is -2.21. The lowest BCUT2D eigenvalue weighted by molar-refractivity contribution is 0.0680. The second-order valence-electron chi connectivity index (χ2n) is 4.71. The molecule has 0 fully saturated rings. The number of aliphatic hydroxyl groups excluding tert-OH is 1. The molecule has 0 bridgehead atoms. The Morgan fingerprint density at radius 1 is 1.33 bits per heavy atom. The number of rotatable bonds is 5. The van der Waals surface area contributed by atoms with Gasteiger partial charge >= 0.3 is 0 Å². The Kier molecular flexibility index (Phi) is 4.90. The topological polar surface area (TPSA) is 62.7 Å². The maximum atomic E-state index is 12.2. The minimum absolute atomic E-state index is 0.153. The molecule has 1 unspecified atom stereocenters. The van der Waals surface area contributed by atoms with E-state index in [0.29, 0.717) is 16.9 Å². The summed E-state index contributed by atoms with van der Waals surface area (Å²) < 4.78 is 5.13. The van der Waals surface area contributed by atoms with Crippen LogP contribution >= 0.6 is 0 Å². The summed E-state index contributed by atoms with van der Waals surface area (Å²) >= 11 is 0. The number of carbonyl (C=O) groups excluding carboxylic acids is 1. The van der Waals surface area contributed by atoms with Gasteiger partial charge in [0.25, 0.3) is 5.91 Å². The number of hydrogen-bond acceptors (Lipinski definition) is 4. The van der Waals surface area contributed by atoms with Crippen molar-refractivity contribution in [1.82, 2.24) is 9.88 Å². The van der Waals surface area contributed by atoms with Crippen molar-refractivity contribution in [3.05, 3.63) is 59.9 Å². The average Bonchev–Trinajstić information content (AvgIpc) is 2.54. The van der Waals surface area contributed by atoms with Crippen molar-refractivity contribution in [1.29, 1.82) is 0 Å². The van der Waals surface area contributed by atoms with Gasteiger partial charge in [0.15, 0.2) is 0 Å². The lowest BCUT2D eigenvalue weighted by Crippen LogP contribution is -2.31. The van der Waals surface area contributed by atoms with Crippen molar-refractivity contribution in [2.45, 2.75) is 6.10 Å². The largest absolute Gasteiger partial charge is 0.497 e. The Labute approximate surface area is 123 Å². The van der Waals surface area contributed by atoms with E-state index in [2.05, 4.69) is 4.98 Å². The van der Waals surface area contributed by atoms with Crippen LogP contribution in [0.4, 0.5) is 0 Å². The molecule has 21 heavy (non-hydrogen) atoms.